The Morgan fingerprint density at radius 2 is 1.87 bits per heavy atom. The number of rotatable bonds is 4. The fourth-order valence-electron chi connectivity index (χ4n) is 2.21. The van der Waals surface area contributed by atoms with Gasteiger partial charge in [0, 0.05) is 23.0 Å². The van der Waals surface area contributed by atoms with E-state index >= 15 is 0 Å². The summed E-state index contributed by atoms with van der Waals surface area (Å²) in [4.78, 5) is 14.9. The van der Waals surface area contributed by atoms with Crippen LogP contribution in [0.15, 0.2) is 42.2 Å². The van der Waals surface area contributed by atoms with Crippen molar-refractivity contribution in [2.24, 2.45) is 0 Å². The van der Waals surface area contributed by atoms with Crippen LogP contribution < -0.4 is 10.2 Å². The number of hydrogen-bond acceptors (Lipinski definition) is 2. The number of methoxy groups -OCH3 is 1. The molecule has 0 aliphatic rings. The van der Waals surface area contributed by atoms with Crippen molar-refractivity contribution in [1.82, 2.24) is 4.98 Å². The number of H-pyrrole nitrogens is 1. The number of ether oxygens (including phenoxy) is 1. The summed E-state index contributed by atoms with van der Waals surface area (Å²) in [5.41, 5.74) is -0.0860. The number of pyridine rings is 1. The molecule has 0 saturated heterocycles. The molecule has 0 aliphatic heterocycles. The van der Waals surface area contributed by atoms with Gasteiger partial charge in [0.15, 0.2) is 5.43 Å². The lowest BCUT2D eigenvalue weighted by molar-refractivity contribution is -0.138. The molecule has 2 aromatic rings. The van der Waals surface area contributed by atoms with Crippen molar-refractivity contribution in [3.05, 3.63) is 64.5 Å². The zero-order valence-electron chi connectivity index (χ0n) is 12.3. The van der Waals surface area contributed by atoms with E-state index in [4.69, 9.17) is 4.74 Å². The lowest BCUT2D eigenvalue weighted by Gasteiger charge is -2.14. The van der Waals surface area contributed by atoms with E-state index in [1.54, 1.807) is 0 Å². The van der Waals surface area contributed by atoms with E-state index in [0.29, 0.717) is 11.3 Å². The minimum Gasteiger partial charge on any atom is -0.496 e. The zero-order valence-corrected chi connectivity index (χ0v) is 12.3. The number of aromatic nitrogens is 1. The topological polar surface area (TPSA) is 42.1 Å². The van der Waals surface area contributed by atoms with Gasteiger partial charge in [0.05, 0.1) is 12.7 Å². The number of benzene rings is 1. The van der Waals surface area contributed by atoms with Gasteiger partial charge < -0.3 is 9.72 Å². The molecule has 3 nitrogen and oxygen atoms in total. The molecule has 0 radical (unpaired) electrons. The first kappa shape index (κ1) is 16.6. The summed E-state index contributed by atoms with van der Waals surface area (Å²) in [7, 11) is 1.17. The summed E-state index contributed by atoms with van der Waals surface area (Å²) in [5, 5.41) is 0. The van der Waals surface area contributed by atoms with Crippen molar-refractivity contribution in [2.75, 3.05) is 7.11 Å². The molecule has 1 aromatic heterocycles. The van der Waals surface area contributed by atoms with Gasteiger partial charge in [-0.2, -0.15) is 13.2 Å². The van der Waals surface area contributed by atoms with Crippen molar-refractivity contribution in [2.45, 2.75) is 6.18 Å². The van der Waals surface area contributed by atoms with E-state index in [1.165, 1.54) is 37.5 Å². The molecular weight excluding hydrogens is 307 g/mol. The van der Waals surface area contributed by atoms with Crippen LogP contribution >= 0.6 is 0 Å². The number of hydrogen-bond donors (Lipinski definition) is 1. The van der Waals surface area contributed by atoms with Gasteiger partial charge in [-0.1, -0.05) is 19.2 Å². The van der Waals surface area contributed by atoms with Gasteiger partial charge in [0.25, 0.3) is 0 Å². The van der Waals surface area contributed by atoms with Crippen LogP contribution in [0.1, 0.15) is 16.8 Å². The largest absolute Gasteiger partial charge is 0.496 e. The Hall–Kier alpha value is -2.76. The number of aromatic amines is 1. The molecular formula is C17H14F3NO2. The average molecular weight is 321 g/mol. The van der Waals surface area contributed by atoms with Crippen LogP contribution in [0.2, 0.25) is 0 Å². The third kappa shape index (κ3) is 3.21. The predicted molar refractivity (Wildman–Crippen MR) is 84.2 cm³/mol. The Labute approximate surface area is 130 Å². The standard InChI is InChI=1S/C17H14F3NO2/c1-4-11-13(5-2)21-14(9-15(11)22)10-6-7-16(23-3)12(8-10)17(18,19)20/h4-9H,1-2H2,3H3,(H,21,22). The van der Waals surface area contributed by atoms with E-state index < -0.39 is 11.7 Å². The third-order valence-corrected chi connectivity index (χ3v) is 3.32. The Morgan fingerprint density at radius 1 is 1.17 bits per heavy atom. The van der Waals surface area contributed by atoms with E-state index in [2.05, 4.69) is 18.1 Å². The number of halogens is 3. The van der Waals surface area contributed by atoms with E-state index in [-0.39, 0.29) is 22.4 Å². The van der Waals surface area contributed by atoms with Crippen LogP contribution in [-0.4, -0.2) is 12.1 Å². The highest BCUT2D eigenvalue weighted by Gasteiger charge is 2.34. The van der Waals surface area contributed by atoms with Crippen molar-refractivity contribution in [3.63, 3.8) is 0 Å². The average Bonchev–Trinajstić information content (AvgIpc) is 2.52. The highest BCUT2D eigenvalue weighted by atomic mass is 19.4. The molecule has 1 aromatic carbocycles. The summed E-state index contributed by atoms with van der Waals surface area (Å²) < 4.78 is 44.0. The summed E-state index contributed by atoms with van der Waals surface area (Å²) in [6.45, 7) is 7.12. The lowest BCUT2D eigenvalue weighted by Crippen LogP contribution is -2.10. The zero-order chi connectivity index (χ0) is 17.2. The molecule has 2 rings (SSSR count). The molecule has 0 unspecified atom stereocenters. The molecule has 120 valence electrons. The van der Waals surface area contributed by atoms with Crippen LogP contribution in [0.25, 0.3) is 23.4 Å². The molecule has 6 heteroatoms. The van der Waals surface area contributed by atoms with Gasteiger partial charge in [-0.15, -0.1) is 0 Å². The van der Waals surface area contributed by atoms with Crippen molar-refractivity contribution < 1.29 is 17.9 Å². The maximum atomic E-state index is 13.1. The molecule has 0 aliphatic carbocycles. The Balaban J connectivity index is 2.68. The fourth-order valence-corrected chi connectivity index (χ4v) is 2.21. The SMILES string of the molecule is C=Cc1[nH]c(-c2ccc(OC)c(C(F)(F)F)c2)cc(=O)c1C=C. The Bertz CT molecular complexity index is 820. The Morgan fingerprint density at radius 3 is 2.39 bits per heavy atom. The van der Waals surface area contributed by atoms with Crippen LogP contribution in [-0.2, 0) is 6.18 Å². The molecule has 0 amide bonds. The van der Waals surface area contributed by atoms with Crippen molar-refractivity contribution in [3.8, 4) is 17.0 Å². The predicted octanol–water partition coefficient (Wildman–Crippen LogP) is 4.36. The monoisotopic (exact) mass is 321 g/mol. The smallest absolute Gasteiger partial charge is 0.419 e. The van der Waals surface area contributed by atoms with Crippen molar-refractivity contribution in [1.29, 1.82) is 0 Å². The highest BCUT2D eigenvalue weighted by molar-refractivity contribution is 5.68. The Kier molecular flexibility index (Phi) is 4.45. The van der Waals surface area contributed by atoms with Gasteiger partial charge in [0.2, 0.25) is 0 Å². The highest BCUT2D eigenvalue weighted by Crippen LogP contribution is 2.38. The first-order valence-corrected chi connectivity index (χ1v) is 6.59. The quantitative estimate of drug-likeness (QED) is 0.909. The second-order valence-corrected chi connectivity index (χ2v) is 4.70. The fraction of sp³-hybridized carbons (Fsp3) is 0.118. The van der Waals surface area contributed by atoms with Crippen LogP contribution in [0, 0.1) is 0 Å². The summed E-state index contributed by atoms with van der Waals surface area (Å²) in [6.07, 6.45) is -1.78. The molecule has 0 saturated carbocycles. The second-order valence-electron chi connectivity index (χ2n) is 4.70. The lowest BCUT2D eigenvalue weighted by atomic mass is 10.0. The molecule has 0 bridgehead atoms. The molecule has 0 atom stereocenters. The normalized spacial score (nSPS) is 11.1. The van der Waals surface area contributed by atoms with Crippen LogP contribution in [0.3, 0.4) is 0 Å². The number of alkyl halides is 3. The number of nitrogens with one attached hydrogen (secondary N) is 1. The van der Waals surface area contributed by atoms with E-state index in [1.807, 2.05) is 0 Å². The minimum atomic E-state index is -4.57. The first-order chi connectivity index (χ1) is 10.8. The molecule has 1 heterocycles. The minimum absolute atomic E-state index is 0.217. The van der Waals surface area contributed by atoms with Crippen LogP contribution in [0.5, 0.6) is 5.75 Å². The molecule has 1 N–H and O–H groups in total. The molecule has 23 heavy (non-hydrogen) atoms. The van der Waals surface area contributed by atoms with Gasteiger partial charge in [-0.25, -0.2) is 0 Å². The second kappa shape index (κ2) is 6.16. The van der Waals surface area contributed by atoms with Gasteiger partial charge in [-0.05, 0) is 29.8 Å². The van der Waals surface area contributed by atoms with Gasteiger partial charge in [0.1, 0.15) is 5.75 Å². The van der Waals surface area contributed by atoms with E-state index in [0.717, 1.165) is 6.07 Å². The molecule has 0 fully saturated rings. The summed E-state index contributed by atoms with van der Waals surface area (Å²) in [6, 6.07) is 4.82. The van der Waals surface area contributed by atoms with Crippen molar-refractivity contribution >= 4 is 12.2 Å². The summed E-state index contributed by atoms with van der Waals surface area (Å²) >= 11 is 0. The molecule has 0 spiro atoms. The van der Waals surface area contributed by atoms with Gasteiger partial charge in [-0.3, -0.25) is 4.79 Å². The third-order valence-electron chi connectivity index (χ3n) is 3.32. The van der Waals surface area contributed by atoms with Gasteiger partial charge >= 0.3 is 6.18 Å². The van der Waals surface area contributed by atoms with Crippen LogP contribution in [0.4, 0.5) is 13.2 Å². The summed E-state index contributed by atoms with van der Waals surface area (Å²) in [5.74, 6) is -0.282. The van der Waals surface area contributed by atoms with E-state index in [9.17, 15) is 18.0 Å². The maximum absolute atomic E-state index is 13.1. The first-order valence-electron chi connectivity index (χ1n) is 6.59. The maximum Gasteiger partial charge on any atom is 0.419 e.